The Labute approximate surface area is 158 Å². The Bertz CT molecular complexity index is 920. The Morgan fingerprint density at radius 2 is 2.00 bits per heavy atom. The topological polar surface area (TPSA) is 73.0 Å². The molecule has 4 rings (SSSR count). The first-order valence-corrected chi connectivity index (χ1v) is 9.16. The lowest BCUT2D eigenvalue weighted by atomic mass is 10.0. The lowest BCUT2D eigenvalue weighted by Gasteiger charge is -2.26. The molecule has 2 aliphatic heterocycles. The molecule has 0 saturated carbocycles. The van der Waals surface area contributed by atoms with Gasteiger partial charge in [-0.05, 0) is 24.5 Å². The molecule has 0 unspecified atom stereocenters. The number of rotatable bonds is 3. The first kappa shape index (κ1) is 18.1. The zero-order valence-corrected chi connectivity index (χ0v) is 15.1. The Morgan fingerprint density at radius 1 is 1.26 bits per heavy atom. The van der Waals surface area contributed by atoms with Crippen molar-refractivity contribution in [2.45, 2.75) is 44.2 Å². The van der Waals surface area contributed by atoms with Crippen LogP contribution in [0.15, 0.2) is 23.3 Å². The van der Waals surface area contributed by atoms with Gasteiger partial charge < -0.3 is 4.90 Å². The molecule has 1 saturated heterocycles. The van der Waals surface area contributed by atoms with Crippen LogP contribution in [-0.2, 0) is 17.8 Å². The predicted octanol–water partition coefficient (Wildman–Crippen LogP) is 1.54. The predicted molar refractivity (Wildman–Crippen MR) is 93.2 cm³/mol. The van der Waals surface area contributed by atoms with E-state index in [1.165, 1.54) is 20.3 Å². The molecule has 2 aliphatic rings. The summed E-state index contributed by atoms with van der Waals surface area (Å²) >= 11 is 5.93. The van der Waals surface area contributed by atoms with Crippen molar-refractivity contribution in [3.05, 3.63) is 45.4 Å². The molecule has 1 amide bonds. The summed E-state index contributed by atoms with van der Waals surface area (Å²) in [5.41, 5.74) is 0.291. The van der Waals surface area contributed by atoms with Crippen molar-refractivity contribution >= 4 is 17.5 Å². The number of carbonyl (C=O) groups is 1. The second kappa shape index (κ2) is 7.03. The maximum Gasteiger partial charge on any atom is 0.346 e. The summed E-state index contributed by atoms with van der Waals surface area (Å²) in [4.78, 5) is 30.8. The fourth-order valence-electron chi connectivity index (χ4n) is 3.70. The van der Waals surface area contributed by atoms with E-state index in [1.807, 2.05) is 0 Å². The minimum Gasteiger partial charge on any atom is -0.335 e. The van der Waals surface area contributed by atoms with Crippen molar-refractivity contribution in [3.63, 3.8) is 0 Å². The van der Waals surface area contributed by atoms with Crippen LogP contribution in [0.3, 0.4) is 0 Å². The van der Waals surface area contributed by atoms with Gasteiger partial charge in [-0.2, -0.15) is 5.10 Å². The van der Waals surface area contributed by atoms with Gasteiger partial charge in [0.1, 0.15) is 11.9 Å². The highest BCUT2D eigenvalue weighted by atomic mass is 35.5. The van der Waals surface area contributed by atoms with Gasteiger partial charge in [-0.1, -0.05) is 11.6 Å². The van der Waals surface area contributed by atoms with E-state index in [9.17, 15) is 18.4 Å². The quantitative estimate of drug-likeness (QED) is 0.787. The third-order valence-electron chi connectivity index (χ3n) is 5.00. The number of fused-ring (bicyclic) bond motifs is 1. The summed E-state index contributed by atoms with van der Waals surface area (Å²) in [6.45, 7) is -0.373. The lowest BCUT2D eigenvalue weighted by molar-refractivity contribution is -0.134. The van der Waals surface area contributed by atoms with Crippen molar-refractivity contribution in [3.8, 4) is 0 Å². The van der Waals surface area contributed by atoms with Crippen LogP contribution in [0.5, 0.6) is 0 Å². The van der Waals surface area contributed by atoms with Gasteiger partial charge in [0.25, 0.3) is 0 Å². The van der Waals surface area contributed by atoms with Crippen molar-refractivity contribution in [1.29, 1.82) is 0 Å². The standard InChI is InChI=1S/C17H18ClF2N5O2/c18-11-4-10(5-21-6-11)7-24-17(27)25-14(2-1-3-15(25)22-24)16(26)23-8-12(19)13(20)9-23/h4-6,12-14H,1-3,7-9H2/t12-,13+,14-/m0/s1. The molecule has 27 heavy (non-hydrogen) atoms. The number of nitrogens with zero attached hydrogens (tertiary/aromatic N) is 5. The van der Waals surface area contributed by atoms with E-state index in [4.69, 9.17) is 11.6 Å². The van der Waals surface area contributed by atoms with Gasteiger partial charge in [-0.15, -0.1) is 0 Å². The van der Waals surface area contributed by atoms with Crippen molar-refractivity contribution in [2.75, 3.05) is 13.1 Å². The van der Waals surface area contributed by atoms with Crippen LogP contribution in [0, 0.1) is 0 Å². The average molecular weight is 398 g/mol. The molecule has 4 heterocycles. The maximum absolute atomic E-state index is 13.5. The zero-order chi connectivity index (χ0) is 19.1. The number of halogens is 3. The fraction of sp³-hybridized carbons (Fsp3) is 0.529. The summed E-state index contributed by atoms with van der Waals surface area (Å²) < 4.78 is 29.6. The molecule has 1 fully saturated rings. The monoisotopic (exact) mass is 397 g/mol. The van der Waals surface area contributed by atoms with Gasteiger partial charge >= 0.3 is 5.69 Å². The van der Waals surface area contributed by atoms with Crippen molar-refractivity contribution < 1.29 is 13.6 Å². The Morgan fingerprint density at radius 3 is 2.70 bits per heavy atom. The van der Waals surface area contributed by atoms with Gasteiger partial charge in [0, 0.05) is 18.8 Å². The molecule has 0 N–H and O–H groups in total. The van der Waals surface area contributed by atoms with Crippen LogP contribution in [0.1, 0.15) is 30.3 Å². The third-order valence-corrected chi connectivity index (χ3v) is 5.21. The molecule has 0 aromatic carbocycles. The molecule has 3 atom stereocenters. The van der Waals surface area contributed by atoms with Crippen LogP contribution < -0.4 is 5.69 Å². The minimum atomic E-state index is -1.67. The second-order valence-electron chi connectivity index (χ2n) is 6.92. The molecule has 0 bridgehead atoms. The molecule has 0 spiro atoms. The number of likely N-dealkylation sites (tertiary alicyclic amines) is 1. The van der Waals surface area contributed by atoms with E-state index >= 15 is 0 Å². The number of aromatic nitrogens is 4. The molecule has 0 radical (unpaired) electrons. The molecule has 144 valence electrons. The molecule has 0 aliphatic carbocycles. The van der Waals surface area contributed by atoms with Gasteiger partial charge in [0.05, 0.1) is 24.7 Å². The molecular formula is C17H18ClF2N5O2. The normalized spacial score (nSPS) is 24.9. The van der Waals surface area contributed by atoms with Crippen LogP contribution in [0.4, 0.5) is 8.78 Å². The molecular weight excluding hydrogens is 380 g/mol. The van der Waals surface area contributed by atoms with Gasteiger partial charge in [0.15, 0.2) is 12.3 Å². The number of alkyl halides is 2. The van der Waals surface area contributed by atoms with Crippen LogP contribution in [-0.4, -0.2) is 55.6 Å². The molecule has 7 nitrogen and oxygen atoms in total. The van der Waals surface area contributed by atoms with E-state index in [1.54, 1.807) is 12.3 Å². The first-order valence-electron chi connectivity index (χ1n) is 8.78. The maximum atomic E-state index is 13.5. The van der Waals surface area contributed by atoms with Crippen LogP contribution in [0.2, 0.25) is 5.02 Å². The largest absolute Gasteiger partial charge is 0.346 e. The number of amides is 1. The van der Waals surface area contributed by atoms with Gasteiger partial charge in [0.2, 0.25) is 5.91 Å². The summed E-state index contributed by atoms with van der Waals surface area (Å²) in [5, 5.41) is 4.79. The smallest absolute Gasteiger partial charge is 0.335 e. The van der Waals surface area contributed by atoms with Crippen molar-refractivity contribution in [2.24, 2.45) is 0 Å². The molecule has 2 aromatic rings. The number of aryl methyl sites for hydroxylation is 1. The highest BCUT2D eigenvalue weighted by Gasteiger charge is 2.40. The summed E-state index contributed by atoms with van der Waals surface area (Å²) in [6.07, 6.45) is 1.42. The second-order valence-corrected chi connectivity index (χ2v) is 7.36. The van der Waals surface area contributed by atoms with E-state index in [0.717, 1.165) is 0 Å². The summed E-state index contributed by atoms with van der Waals surface area (Å²) in [7, 11) is 0. The van der Waals surface area contributed by atoms with Gasteiger partial charge in [-0.25, -0.2) is 18.3 Å². The Balaban J connectivity index is 1.62. The highest BCUT2D eigenvalue weighted by molar-refractivity contribution is 6.30. The zero-order valence-electron chi connectivity index (χ0n) is 14.4. The first-order chi connectivity index (χ1) is 12.9. The van der Waals surface area contributed by atoms with E-state index in [0.29, 0.717) is 35.7 Å². The van der Waals surface area contributed by atoms with Crippen LogP contribution in [0.25, 0.3) is 0 Å². The Hall–Kier alpha value is -2.29. The average Bonchev–Trinajstić information content (AvgIpc) is 3.14. The number of hydrogen-bond donors (Lipinski definition) is 0. The Kier molecular flexibility index (Phi) is 4.71. The SMILES string of the molecule is O=C([C@@H]1CCCc2nn(Cc3cncc(Cl)c3)c(=O)n21)N1C[C@@H](F)[C@@H](F)C1. The summed E-state index contributed by atoms with van der Waals surface area (Å²) in [5.74, 6) is 0.0807. The molecule has 2 aromatic heterocycles. The van der Waals surface area contributed by atoms with E-state index < -0.39 is 30.0 Å². The van der Waals surface area contributed by atoms with E-state index in [-0.39, 0.29) is 19.6 Å². The number of pyridine rings is 1. The molecule has 10 heteroatoms. The van der Waals surface area contributed by atoms with Crippen LogP contribution >= 0.6 is 11.6 Å². The summed E-state index contributed by atoms with van der Waals surface area (Å²) in [6, 6.07) is 0.916. The number of carbonyl (C=O) groups excluding carboxylic acids is 1. The highest BCUT2D eigenvalue weighted by Crippen LogP contribution is 2.27. The fourth-order valence-corrected chi connectivity index (χ4v) is 3.90. The third kappa shape index (κ3) is 3.36. The lowest BCUT2D eigenvalue weighted by Crippen LogP contribution is -2.42. The minimum absolute atomic E-state index is 0.177. The van der Waals surface area contributed by atoms with Gasteiger partial charge in [-0.3, -0.25) is 14.3 Å². The number of hydrogen-bond acceptors (Lipinski definition) is 4. The van der Waals surface area contributed by atoms with Crippen molar-refractivity contribution in [1.82, 2.24) is 24.2 Å². The van der Waals surface area contributed by atoms with E-state index in [2.05, 4.69) is 10.1 Å².